The van der Waals surface area contributed by atoms with Gasteiger partial charge >= 0.3 is 6.03 Å². The average molecular weight is 620 g/mol. The zero-order chi connectivity index (χ0) is 27.1. The molecule has 0 radical (unpaired) electrons. The van der Waals surface area contributed by atoms with E-state index in [1.165, 1.54) is 0 Å². The highest BCUT2D eigenvalue weighted by molar-refractivity contribution is 9.10. The topological polar surface area (TPSA) is 73.9 Å². The maximum Gasteiger partial charge on any atom is 0.317 e. The van der Waals surface area contributed by atoms with E-state index >= 15 is 0 Å². The Balaban J connectivity index is 1.27. The van der Waals surface area contributed by atoms with Crippen molar-refractivity contribution in [1.29, 1.82) is 0 Å². The lowest BCUT2D eigenvalue weighted by Gasteiger charge is -2.33. The SMILES string of the molecule is CN(Cc1ccc(Br)cc1Oc1cc(Cl)cc(Cl)c1)C(=O)NC1CCN(CC(=O)Nc2ccccc2)CC1. The first-order valence-corrected chi connectivity index (χ1v) is 13.8. The van der Waals surface area contributed by atoms with Gasteiger partial charge in [0.05, 0.1) is 13.1 Å². The monoisotopic (exact) mass is 618 g/mol. The summed E-state index contributed by atoms with van der Waals surface area (Å²) in [5.74, 6) is 1.07. The molecule has 7 nitrogen and oxygen atoms in total. The van der Waals surface area contributed by atoms with Crippen molar-refractivity contribution in [2.45, 2.75) is 25.4 Å². The summed E-state index contributed by atoms with van der Waals surface area (Å²) in [5.41, 5.74) is 1.62. The van der Waals surface area contributed by atoms with Crippen molar-refractivity contribution in [1.82, 2.24) is 15.1 Å². The number of rotatable bonds is 8. The fourth-order valence-corrected chi connectivity index (χ4v) is 5.09. The molecule has 0 saturated carbocycles. The van der Waals surface area contributed by atoms with E-state index in [4.69, 9.17) is 27.9 Å². The molecule has 1 fully saturated rings. The number of benzene rings is 3. The lowest BCUT2D eigenvalue weighted by molar-refractivity contribution is -0.117. The van der Waals surface area contributed by atoms with Crippen LogP contribution in [0.15, 0.2) is 71.2 Å². The molecule has 200 valence electrons. The number of anilines is 1. The smallest absolute Gasteiger partial charge is 0.317 e. The third-order valence-corrected chi connectivity index (χ3v) is 7.12. The molecule has 3 aromatic carbocycles. The number of nitrogens with one attached hydrogen (secondary N) is 2. The highest BCUT2D eigenvalue weighted by atomic mass is 79.9. The second-order valence-electron chi connectivity index (χ2n) is 9.23. The number of urea groups is 1. The van der Waals surface area contributed by atoms with Gasteiger partial charge in [-0.2, -0.15) is 0 Å². The minimum absolute atomic E-state index is 0.0361. The van der Waals surface area contributed by atoms with E-state index in [9.17, 15) is 9.59 Å². The Labute approximate surface area is 241 Å². The fourth-order valence-electron chi connectivity index (χ4n) is 4.24. The van der Waals surface area contributed by atoms with Gasteiger partial charge in [-0.25, -0.2) is 4.79 Å². The van der Waals surface area contributed by atoms with Crippen LogP contribution in [0.4, 0.5) is 10.5 Å². The summed E-state index contributed by atoms with van der Waals surface area (Å²) in [5, 5.41) is 6.99. The molecule has 3 amide bonds. The van der Waals surface area contributed by atoms with Crippen LogP contribution in [0.3, 0.4) is 0 Å². The van der Waals surface area contributed by atoms with Crippen molar-refractivity contribution in [3.8, 4) is 11.5 Å². The maximum absolute atomic E-state index is 13.0. The van der Waals surface area contributed by atoms with E-state index in [0.717, 1.165) is 41.7 Å². The number of halogens is 3. The molecule has 10 heteroatoms. The van der Waals surface area contributed by atoms with Gasteiger partial charge in [-0.3, -0.25) is 9.69 Å². The quantitative estimate of drug-likeness (QED) is 0.291. The highest BCUT2D eigenvalue weighted by Gasteiger charge is 2.23. The van der Waals surface area contributed by atoms with Gasteiger partial charge in [-0.1, -0.05) is 63.4 Å². The predicted octanol–water partition coefficient (Wildman–Crippen LogP) is 6.79. The molecule has 1 saturated heterocycles. The van der Waals surface area contributed by atoms with Crippen LogP contribution in [0.2, 0.25) is 10.0 Å². The van der Waals surface area contributed by atoms with Gasteiger partial charge in [0.15, 0.2) is 0 Å². The second kappa shape index (κ2) is 13.3. The Morgan fingerprint density at radius 3 is 2.39 bits per heavy atom. The van der Waals surface area contributed by atoms with Crippen LogP contribution in [0.5, 0.6) is 11.5 Å². The lowest BCUT2D eigenvalue weighted by atomic mass is 10.1. The zero-order valence-corrected chi connectivity index (χ0v) is 24.0. The third-order valence-electron chi connectivity index (χ3n) is 6.19. The molecule has 0 bridgehead atoms. The Hall–Kier alpha value is -2.78. The standard InChI is InChI=1S/C28H29BrCl2N4O3/c1-34(17-19-7-8-20(29)13-26(19)38-25-15-21(30)14-22(31)16-25)28(37)33-24-9-11-35(12-10-24)18-27(36)32-23-5-3-2-4-6-23/h2-8,13-16,24H,9-12,17-18H2,1H3,(H,32,36)(H,33,37). The number of piperidine rings is 1. The summed E-state index contributed by atoms with van der Waals surface area (Å²) < 4.78 is 6.92. The molecule has 4 rings (SSSR count). The number of carbonyl (C=O) groups is 2. The average Bonchev–Trinajstić information content (AvgIpc) is 2.86. The summed E-state index contributed by atoms with van der Waals surface area (Å²) in [6.45, 7) is 2.16. The molecule has 38 heavy (non-hydrogen) atoms. The molecule has 1 aliphatic heterocycles. The number of para-hydroxylation sites is 1. The van der Waals surface area contributed by atoms with E-state index in [0.29, 0.717) is 34.6 Å². The minimum atomic E-state index is -0.162. The van der Waals surface area contributed by atoms with E-state index < -0.39 is 0 Å². The van der Waals surface area contributed by atoms with Crippen LogP contribution in [0.25, 0.3) is 0 Å². The molecule has 3 aromatic rings. The Kier molecular flexibility index (Phi) is 9.91. The van der Waals surface area contributed by atoms with Crippen molar-refractivity contribution < 1.29 is 14.3 Å². The number of hydrogen-bond acceptors (Lipinski definition) is 4. The Morgan fingerprint density at radius 2 is 1.71 bits per heavy atom. The number of nitrogens with zero attached hydrogens (tertiary/aromatic N) is 2. The van der Waals surface area contributed by atoms with E-state index in [1.54, 1.807) is 30.1 Å². The highest BCUT2D eigenvalue weighted by Crippen LogP contribution is 2.32. The summed E-state index contributed by atoms with van der Waals surface area (Å²) in [6.07, 6.45) is 1.56. The third kappa shape index (κ3) is 8.36. The molecule has 0 unspecified atom stereocenters. The summed E-state index contributed by atoms with van der Waals surface area (Å²) in [6, 6.07) is 20.0. The molecule has 0 atom stereocenters. The van der Waals surface area contributed by atoms with Crippen molar-refractivity contribution in [2.75, 3.05) is 32.0 Å². The van der Waals surface area contributed by atoms with Gasteiger partial charge in [0.1, 0.15) is 11.5 Å². The van der Waals surface area contributed by atoms with Gasteiger partial charge in [0.2, 0.25) is 5.91 Å². The predicted molar refractivity (Wildman–Crippen MR) is 155 cm³/mol. The van der Waals surface area contributed by atoms with Crippen molar-refractivity contribution >= 4 is 56.8 Å². The molecule has 0 aliphatic carbocycles. The van der Waals surface area contributed by atoms with Crippen LogP contribution in [0, 0.1) is 0 Å². The largest absolute Gasteiger partial charge is 0.457 e. The normalized spacial score (nSPS) is 14.1. The van der Waals surface area contributed by atoms with Gasteiger partial charge in [0, 0.05) is 51.9 Å². The summed E-state index contributed by atoms with van der Waals surface area (Å²) in [7, 11) is 1.75. The van der Waals surface area contributed by atoms with Crippen LogP contribution in [-0.4, -0.2) is 54.5 Å². The second-order valence-corrected chi connectivity index (χ2v) is 11.0. The van der Waals surface area contributed by atoms with Gasteiger partial charge in [-0.15, -0.1) is 0 Å². The molecular weight excluding hydrogens is 591 g/mol. The minimum Gasteiger partial charge on any atom is -0.457 e. The Bertz CT molecular complexity index is 1250. The number of carbonyl (C=O) groups excluding carboxylic acids is 2. The zero-order valence-electron chi connectivity index (χ0n) is 20.9. The molecule has 2 N–H and O–H groups in total. The van der Waals surface area contributed by atoms with Crippen molar-refractivity contribution in [2.24, 2.45) is 0 Å². The molecule has 0 aromatic heterocycles. The molecule has 0 spiro atoms. The van der Waals surface area contributed by atoms with Crippen LogP contribution in [-0.2, 0) is 11.3 Å². The number of amides is 3. The molecule has 1 heterocycles. The lowest BCUT2D eigenvalue weighted by Crippen LogP contribution is -2.49. The van der Waals surface area contributed by atoms with Gasteiger partial charge in [-0.05, 0) is 55.3 Å². The van der Waals surface area contributed by atoms with E-state index in [1.807, 2.05) is 48.5 Å². The van der Waals surface area contributed by atoms with Crippen LogP contribution in [0.1, 0.15) is 18.4 Å². The maximum atomic E-state index is 13.0. The first-order chi connectivity index (χ1) is 18.2. The van der Waals surface area contributed by atoms with E-state index in [-0.39, 0.29) is 18.0 Å². The molecule has 1 aliphatic rings. The van der Waals surface area contributed by atoms with Gasteiger partial charge < -0.3 is 20.3 Å². The number of hydrogen-bond donors (Lipinski definition) is 2. The summed E-state index contributed by atoms with van der Waals surface area (Å²) >= 11 is 15.7. The van der Waals surface area contributed by atoms with Crippen molar-refractivity contribution in [3.63, 3.8) is 0 Å². The van der Waals surface area contributed by atoms with E-state index in [2.05, 4.69) is 31.5 Å². The number of ether oxygens (including phenoxy) is 1. The first kappa shape index (κ1) is 28.2. The van der Waals surface area contributed by atoms with Crippen LogP contribution < -0.4 is 15.4 Å². The summed E-state index contributed by atoms with van der Waals surface area (Å²) in [4.78, 5) is 29.0. The van der Waals surface area contributed by atoms with Crippen LogP contribution >= 0.6 is 39.1 Å². The fraction of sp³-hybridized carbons (Fsp3) is 0.286. The van der Waals surface area contributed by atoms with Gasteiger partial charge in [0.25, 0.3) is 0 Å². The molecular formula is C28H29BrCl2N4O3. The Morgan fingerprint density at radius 1 is 1.03 bits per heavy atom. The number of likely N-dealkylation sites (tertiary alicyclic amines) is 1. The first-order valence-electron chi connectivity index (χ1n) is 12.3. The van der Waals surface area contributed by atoms with Crippen molar-refractivity contribution in [3.05, 3.63) is 86.8 Å².